The normalized spacial score (nSPS) is 14.3. The molecular weight excluding hydrogens is 413 g/mol. The predicted octanol–water partition coefficient (Wildman–Crippen LogP) is 5.47. The molecule has 0 unspecified atom stereocenters. The highest BCUT2D eigenvalue weighted by atomic mass is 35.5. The highest BCUT2D eigenvalue weighted by Crippen LogP contribution is 2.30. The molecule has 0 aliphatic carbocycles. The first-order valence-electron chi connectivity index (χ1n) is 8.61. The number of benzene rings is 2. The molecule has 1 aliphatic heterocycles. The summed E-state index contributed by atoms with van der Waals surface area (Å²) >= 11 is 12.1. The lowest BCUT2D eigenvalue weighted by Crippen LogP contribution is -2.06. The van der Waals surface area contributed by atoms with E-state index in [1.54, 1.807) is 54.6 Å². The quantitative estimate of drug-likeness (QED) is 0.317. The Morgan fingerprint density at radius 1 is 1.03 bits per heavy atom. The molecular formula is C22H17Cl2NO4. The lowest BCUT2D eigenvalue weighted by atomic mass is 10.1. The van der Waals surface area contributed by atoms with Crippen LogP contribution in [0.4, 0.5) is 0 Å². The average molecular weight is 430 g/mol. The number of hydrogen-bond donors (Lipinski definition) is 0. The maximum Gasteiger partial charge on any atom is 0.363 e. The Balaban J connectivity index is 1.95. The fraction of sp³-hybridized carbons (Fsp3) is 0.0909. The number of ether oxygens (including phenoxy) is 3. The first-order valence-corrected chi connectivity index (χ1v) is 9.37. The molecule has 0 saturated carbocycles. The van der Waals surface area contributed by atoms with E-state index in [1.807, 2.05) is 0 Å². The fourth-order valence-corrected chi connectivity index (χ4v) is 2.98. The van der Waals surface area contributed by atoms with Gasteiger partial charge in [-0.3, -0.25) is 0 Å². The second-order valence-corrected chi connectivity index (χ2v) is 6.70. The molecule has 2 aromatic carbocycles. The largest absolute Gasteiger partial charge is 0.489 e. The summed E-state index contributed by atoms with van der Waals surface area (Å²) < 4.78 is 16.5. The van der Waals surface area contributed by atoms with Crippen LogP contribution in [0.1, 0.15) is 11.1 Å². The zero-order chi connectivity index (χ0) is 20.8. The van der Waals surface area contributed by atoms with E-state index in [0.29, 0.717) is 45.9 Å². The van der Waals surface area contributed by atoms with E-state index in [9.17, 15) is 4.79 Å². The van der Waals surface area contributed by atoms with Crippen molar-refractivity contribution >= 4 is 41.1 Å². The fourth-order valence-electron chi connectivity index (χ4n) is 2.49. The first kappa shape index (κ1) is 20.7. The van der Waals surface area contributed by atoms with Gasteiger partial charge >= 0.3 is 5.97 Å². The van der Waals surface area contributed by atoms with Crippen LogP contribution < -0.4 is 9.47 Å². The molecule has 1 aliphatic rings. The Bertz CT molecular complexity index is 1030. The standard InChI is InChI=1S/C22H17Cl2NO4/c1-3-9-27-16-7-5-14(20(13-16)28-10-4-2)11-19-22(26)29-21(25-19)17-8-6-15(23)12-18(17)24/h3-8,11-13H,1-2,9-10H2. The molecule has 0 bridgehead atoms. The van der Waals surface area contributed by atoms with Crippen LogP contribution in [0.5, 0.6) is 11.5 Å². The number of aliphatic imine (C=N–C) groups is 1. The summed E-state index contributed by atoms with van der Waals surface area (Å²) in [4.78, 5) is 16.6. The smallest absolute Gasteiger partial charge is 0.363 e. The van der Waals surface area contributed by atoms with Crippen LogP contribution in [-0.2, 0) is 9.53 Å². The Morgan fingerprint density at radius 3 is 2.52 bits per heavy atom. The van der Waals surface area contributed by atoms with Crippen molar-refractivity contribution in [3.05, 3.63) is 88.6 Å². The molecule has 3 rings (SSSR count). The van der Waals surface area contributed by atoms with E-state index in [4.69, 9.17) is 37.4 Å². The number of esters is 1. The monoisotopic (exact) mass is 429 g/mol. The zero-order valence-corrected chi connectivity index (χ0v) is 16.9. The van der Waals surface area contributed by atoms with E-state index in [1.165, 1.54) is 0 Å². The van der Waals surface area contributed by atoms with E-state index in [-0.39, 0.29) is 11.6 Å². The van der Waals surface area contributed by atoms with Gasteiger partial charge in [0.2, 0.25) is 5.90 Å². The average Bonchev–Trinajstić information content (AvgIpc) is 3.06. The minimum absolute atomic E-state index is 0.113. The molecule has 0 atom stereocenters. The van der Waals surface area contributed by atoms with Gasteiger partial charge in [0.05, 0.1) is 10.6 Å². The SMILES string of the molecule is C=CCOc1ccc(C=C2N=C(c3ccc(Cl)cc3Cl)OC2=O)c(OCC=C)c1. The third-order valence-corrected chi connectivity index (χ3v) is 4.33. The van der Waals surface area contributed by atoms with Crippen LogP contribution in [-0.4, -0.2) is 25.1 Å². The summed E-state index contributed by atoms with van der Waals surface area (Å²) in [5.41, 5.74) is 1.23. The van der Waals surface area contributed by atoms with Crippen molar-refractivity contribution in [1.82, 2.24) is 0 Å². The van der Waals surface area contributed by atoms with Crippen molar-refractivity contribution in [2.24, 2.45) is 4.99 Å². The predicted molar refractivity (Wildman–Crippen MR) is 115 cm³/mol. The summed E-state index contributed by atoms with van der Waals surface area (Å²) in [6.07, 6.45) is 4.85. The van der Waals surface area contributed by atoms with Crippen LogP contribution >= 0.6 is 23.2 Å². The van der Waals surface area contributed by atoms with Gasteiger partial charge in [-0.05, 0) is 36.4 Å². The van der Waals surface area contributed by atoms with E-state index in [2.05, 4.69) is 18.2 Å². The van der Waals surface area contributed by atoms with Gasteiger partial charge in [0.1, 0.15) is 24.7 Å². The highest BCUT2D eigenvalue weighted by molar-refractivity contribution is 6.37. The molecule has 0 fully saturated rings. The van der Waals surface area contributed by atoms with E-state index in [0.717, 1.165) is 0 Å². The van der Waals surface area contributed by atoms with Crippen molar-refractivity contribution in [2.75, 3.05) is 13.2 Å². The first-order chi connectivity index (χ1) is 14.0. The molecule has 0 N–H and O–H groups in total. The summed E-state index contributed by atoms with van der Waals surface area (Å²) in [5, 5.41) is 0.811. The van der Waals surface area contributed by atoms with Gasteiger partial charge < -0.3 is 14.2 Å². The van der Waals surface area contributed by atoms with Crippen molar-refractivity contribution in [2.45, 2.75) is 0 Å². The molecule has 2 aromatic rings. The maximum atomic E-state index is 12.3. The number of rotatable bonds is 8. The molecule has 0 saturated heterocycles. The summed E-state index contributed by atoms with van der Waals surface area (Å²) in [6.45, 7) is 7.93. The van der Waals surface area contributed by atoms with Gasteiger partial charge in [-0.2, -0.15) is 0 Å². The van der Waals surface area contributed by atoms with Gasteiger partial charge in [0, 0.05) is 16.7 Å². The minimum Gasteiger partial charge on any atom is -0.489 e. The van der Waals surface area contributed by atoms with E-state index < -0.39 is 5.97 Å². The highest BCUT2D eigenvalue weighted by Gasteiger charge is 2.26. The molecule has 5 nitrogen and oxygen atoms in total. The van der Waals surface area contributed by atoms with Crippen LogP contribution in [0.3, 0.4) is 0 Å². The topological polar surface area (TPSA) is 57.1 Å². The Labute approximate surface area is 178 Å². The van der Waals surface area contributed by atoms with Crippen LogP contribution in [0.2, 0.25) is 10.0 Å². The number of cyclic esters (lactones) is 1. The summed E-state index contributed by atoms with van der Waals surface area (Å²) in [5.74, 6) is 0.646. The molecule has 7 heteroatoms. The van der Waals surface area contributed by atoms with Gasteiger partial charge in [0.15, 0.2) is 5.70 Å². The Kier molecular flexibility index (Phi) is 6.75. The van der Waals surface area contributed by atoms with Crippen molar-refractivity contribution in [3.8, 4) is 11.5 Å². The third kappa shape index (κ3) is 5.08. The van der Waals surface area contributed by atoms with Gasteiger partial charge in [-0.15, -0.1) is 0 Å². The van der Waals surface area contributed by atoms with Crippen LogP contribution in [0, 0.1) is 0 Å². The number of hydrogen-bond acceptors (Lipinski definition) is 5. The van der Waals surface area contributed by atoms with Crippen LogP contribution in [0.15, 0.2) is 72.4 Å². The maximum absolute atomic E-state index is 12.3. The molecule has 0 radical (unpaired) electrons. The number of carbonyl (C=O) groups is 1. The molecule has 0 amide bonds. The zero-order valence-electron chi connectivity index (χ0n) is 15.4. The number of halogens is 2. The molecule has 148 valence electrons. The van der Waals surface area contributed by atoms with Gasteiger partial charge in [-0.1, -0.05) is 48.5 Å². The molecule has 1 heterocycles. The van der Waals surface area contributed by atoms with Crippen molar-refractivity contribution in [3.63, 3.8) is 0 Å². The number of nitrogens with zero attached hydrogens (tertiary/aromatic N) is 1. The number of carbonyl (C=O) groups excluding carboxylic acids is 1. The Hall–Kier alpha value is -3.02. The lowest BCUT2D eigenvalue weighted by Gasteiger charge is -2.10. The molecule has 29 heavy (non-hydrogen) atoms. The molecule has 0 aromatic heterocycles. The minimum atomic E-state index is -0.590. The second-order valence-electron chi connectivity index (χ2n) is 5.86. The molecule has 0 spiro atoms. The summed E-state index contributed by atoms with van der Waals surface area (Å²) in [6, 6.07) is 10.1. The van der Waals surface area contributed by atoms with Crippen molar-refractivity contribution < 1.29 is 19.0 Å². The second kappa shape index (κ2) is 9.45. The van der Waals surface area contributed by atoms with Gasteiger partial charge in [0.25, 0.3) is 0 Å². The van der Waals surface area contributed by atoms with Crippen LogP contribution in [0.25, 0.3) is 6.08 Å². The third-order valence-electron chi connectivity index (χ3n) is 3.78. The van der Waals surface area contributed by atoms with Gasteiger partial charge in [-0.25, -0.2) is 9.79 Å². The lowest BCUT2D eigenvalue weighted by molar-refractivity contribution is -0.129. The summed E-state index contributed by atoms with van der Waals surface area (Å²) in [7, 11) is 0. The Morgan fingerprint density at radius 2 is 1.79 bits per heavy atom. The van der Waals surface area contributed by atoms with Crippen molar-refractivity contribution in [1.29, 1.82) is 0 Å². The van der Waals surface area contributed by atoms with E-state index >= 15 is 0 Å².